The summed E-state index contributed by atoms with van der Waals surface area (Å²) in [7, 11) is -1.02. The lowest BCUT2D eigenvalue weighted by Crippen LogP contribution is -2.26. The van der Waals surface area contributed by atoms with E-state index >= 15 is 0 Å². The second-order valence-corrected chi connectivity index (χ2v) is 6.33. The molecular formula is C8H18O3Si2. The third-order valence-corrected chi connectivity index (χ3v) is 5.28. The van der Waals surface area contributed by atoms with Crippen molar-refractivity contribution in [2.45, 2.75) is 32.5 Å². The Balaban J connectivity index is 3.83. The first-order valence-electron chi connectivity index (χ1n) is 4.56. The average molecular weight is 218 g/mol. The molecule has 0 N–H and O–H groups in total. The molecule has 0 saturated carbocycles. The molecule has 0 aromatic heterocycles. The van der Waals surface area contributed by atoms with Crippen LogP contribution in [0.3, 0.4) is 0 Å². The first-order chi connectivity index (χ1) is 6.11. The lowest BCUT2D eigenvalue weighted by atomic mass is 10.4. The van der Waals surface area contributed by atoms with Crippen LogP contribution in [0.25, 0.3) is 0 Å². The maximum atomic E-state index is 11.1. The third-order valence-electron chi connectivity index (χ3n) is 1.59. The van der Waals surface area contributed by atoms with Gasteiger partial charge in [0, 0.05) is 5.57 Å². The smallest absolute Gasteiger partial charge is 0.333 e. The van der Waals surface area contributed by atoms with Crippen LogP contribution in [0, 0.1) is 0 Å². The molecule has 0 bridgehead atoms. The van der Waals surface area contributed by atoms with E-state index in [2.05, 4.69) is 13.1 Å². The molecule has 0 aliphatic carbocycles. The predicted octanol–water partition coefficient (Wildman–Crippen LogP) is 0.0741. The fourth-order valence-corrected chi connectivity index (χ4v) is 3.19. The summed E-state index contributed by atoms with van der Waals surface area (Å²) in [5.41, 5.74) is 0.484. The van der Waals surface area contributed by atoms with Gasteiger partial charge in [-0.2, -0.15) is 0 Å². The summed E-state index contributed by atoms with van der Waals surface area (Å²) in [6.45, 7) is 9.28. The van der Waals surface area contributed by atoms with Gasteiger partial charge in [0.1, 0.15) is 15.5 Å². The zero-order valence-electron chi connectivity index (χ0n) is 8.63. The summed E-state index contributed by atoms with van der Waals surface area (Å²) < 4.78 is 10.6. The molecule has 0 heterocycles. The minimum atomic E-state index is -0.672. The molecule has 76 valence electrons. The standard InChI is InChI=1S/C8H18O3Si2/c1-5-7(13-11-12-4)10-8(9)6(2)3/h7H,2,5,12-13H2,1,3-4H3. The highest BCUT2D eigenvalue weighted by molar-refractivity contribution is 6.42. The second-order valence-electron chi connectivity index (χ2n) is 2.88. The van der Waals surface area contributed by atoms with Crippen LogP contribution in [-0.2, 0) is 13.6 Å². The number of ether oxygens (including phenoxy) is 1. The molecule has 0 amide bonds. The van der Waals surface area contributed by atoms with E-state index in [-0.39, 0.29) is 21.5 Å². The van der Waals surface area contributed by atoms with Crippen LogP contribution < -0.4 is 0 Å². The normalized spacial score (nSPS) is 14.1. The number of carbonyl (C=O) groups is 1. The van der Waals surface area contributed by atoms with Crippen molar-refractivity contribution in [1.82, 2.24) is 0 Å². The summed E-state index contributed by atoms with van der Waals surface area (Å²) in [4.78, 5) is 11.1. The monoisotopic (exact) mass is 218 g/mol. The van der Waals surface area contributed by atoms with Crippen molar-refractivity contribution in [1.29, 1.82) is 0 Å². The Kier molecular flexibility index (Phi) is 6.84. The molecule has 0 aromatic carbocycles. The van der Waals surface area contributed by atoms with Crippen molar-refractivity contribution in [3.8, 4) is 0 Å². The lowest BCUT2D eigenvalue weighted by molar-refractivity contribution is -0.141. The van der Waals surface area contributed by atoms with Crippen molar-refractivity contribution < 1.29 is 13.6 Å². The Morgan fingerprint density at radius 2 is 2.23 bits per heavy atom. The Hall–Kier alpha value is -0.396. The minimum Gasteiger partial charge on any atom is -0.463 e. The molecule has 0 aliphatic heterocycles. The molecule has 1 atom stereocenters. The van der Waals surface area contributed by atoms with Gasteiger partial charge >= 0.3 is 5.97 Å². The molecule has 0 radical (unpaired) electrons. The Morgan fingerprint density at radius 1 is 1.62 bits per heavy atom. The summed E-state index contributed by atoms with van der Waals surface area (Å²) in [6, 6.07) is 0. The molecule has 13 heavy (non-hydrogen) atoms. The van der Waals surface area contributed by atoms with Gasteiger partial charge in [0.2, 0.25) is 0 Å². The fourth-order valence-electron chi connectivity index (χ4n) is 0.736. The van der Waals surface area contributed by atoms with Gasteiger partial charge in [-0.3, -0.25) is 0 Å². The topological polar surface area (TPSA) is 35.5 Å². The van der Waals surface area contributed by atoms with Gasteiger partial charge in [-0.15, -0.1) is 0 Å². The Morgan fingerprint density at radius 3 is 2.62 bits per heavy atom. The fraction of sp³-hybridized carbons (Fsp3) is 0.625. The summed E-state index contributed by atoms with van der Waals surface area (Å²) in [6.07, 6.45) is 0.847. The van der Waals surface area contributed by atoms with Crippen molar-refractivity contribution in [2.24, 2.45) is 0 Å². The van der Waals surface area contributed by atoms with Crippen LogP contribution in [0.15, 0.2) is 12.2 Å². The van der Waals surface area contributed by atoms with E-state index in [0.717, 1.165) is 6.42 Å². The SMILES string of the molecule is C=C(C)C(=O)OC(CC)[SiH2]O[SiH2]C. The average Bonchev–Trinajstić information content (AvgIpc) is 2.11. The Labute approximate surface area is 84.4 Å². The minimum absolute atomic E-state index is 0.0247. The third kappa shape index (κ3) is 5.78. The molecule has 0 spiro atoms. The first-order valence-corrected chi connectivity index (χ1v) is 7.94. The van der Waals surface area contributed by atoms with Crippen molar-refractivity contribution in [3.05, 3.63) is 12.2 Å². The molecule has 5 heteroatoms. The van der Waals surface area contributed by atoms with E-state index in [1.54, 1.807) is 6.92 Å². The van der Waals surface area contributed by atoms with Gasteiger partial charge in [-0.25, -0.2) is 4.79 Å². The van der Waals surface area contributed by atoms with Crippen molar-refractivity contribution >= 4 is 25.5 Å². The molecule has 0 aromatic rings. The summed E-state index contributed by atoms with van der Waals surface area (Å²) in [5.74, 6) is -0.291. The molecular weight excluding hydrogens is 200 g/mol. The number of esters is 1. The van der Waals surface area contributed by atoms with E-state index in [4.69, 9.17) is 8.85 Å². The zero-order valence-corrected chi connectivity index (χ0v) is 11.5. The maximum Gasteiger partial charge on any atom is 0.333 e. The molecule has 3 nitrogen and oxygen atoms in total. The zero-order chi connectivity index (χ0) is 10.3. The van der Waals surface area contributed by atoms with Gasteiger partial charge in [0.15, 0.2) is 9.76 Å². The molecule has 1 unspecified atom stereocenters. The first kappa shape index (κ1) is 12.6. The highest BCUT2D eigenvalue weighted by Crippen LogP contribution is 2.01. The molecule has 0 aliphatic rings. The number of hydrogen-bond acceptors (Lipinski definition) is 3. The van der Waals surface area contributed by atoms with Crippen LogP contribution >= 0.6 is 0 Å². The van der Waals surface area contributed by atoms with Crippen LogP contribution in [0.5, 0.6) is 0 Å². The van der Waals surface area contributed by atoms with E-state index in [1.165, 1.54) is 0 Å². The summed E-state index contributed by atoms with van der Waals surface area (Å²) in [5, 5.41) is 0. The quantitative estimate of drug-likeness (QED) is 0.360. The van der Waals surface area contributed by atoms with E-state index in [9.17, 15) is 4.79 Å². The number of hydrogen-bond donors (Lipinski definition) is 0. The summed E-state index contributed by atoms with van der Waals surface area (Å²) >= 11 is 0. The van der Waals surface area contributed by atoms with Gasteiger partial charge in [-0.1, -0.05) is 20.0 Å². The number of rotatable bonds is 6. The highest BCUT2D eigenvalue weighted by Gasteiger charge is 2.13. The molecule has 0 saturated heterocycles. The number of carbonyl (C=O) groups excluding carboxylic acids is 1. The predicted molar refractivity (Wildman–Crippen MR) is 59.0 cm³/mol. The van der Waals surface area contributed by atoms with Gasteiger partial charge < -0.3 is 8.85 Å². The van der Waals surface area contributed by atoms with E-state index in [0.29, 0.717) is 5.57 Å². The molecule has 0 rings (SSSR count). The van der Waals surface area contributed by atoms with E-state index < -0.39 is 9.76 Å². The van der Waals surface area contributed by atoms with Gasteiger partial charge in [-0.05, 0) is 13.3 Å². The lowest BCUT2D eigenvalue weighted by Gasteiger charge is -2.15. The van der Waals surface area contributed by atoms with Crippen molar-refractivity contribution in [3.63, 3.8) is 0 Å². The van der Waals surface area contributed by atoms with Crippen LogP contribution in [-0.4, -0.2) is 31.2 Å². The largest absolute Gasteiger partial charge is 0.463 e. The van der Waals surface area contributed by atoms with E-state index in [1.807, 2.05) is 6.92 Å². The van der Waals surface area contributed by atoms with Gasteiger partial charge in [0.05, 0.1) is 0 Å². The van der Waals surface area contributed by atoms with Crippen LogP contribution in [0.1, 0.15) is 20.3 Å². The van der Waals surface area contributed by atoms with Crippen molar-refractivity contribution in [2.75, 3.05) is 0 Å². The van der Waals surface area contributed by atoms with Gasteiger partial charge in [0.25, 0.3) is 0 Å². The highest BCUT2D eigenvalue weighted by atomic mass is 28.3. The second kappa shape index (κ2) is 7.05. The van der Waals surface area contributed by atoms with Crippen LogP contribution in [0.4, 0.5) is 0 Å². The Bertz CT molecular complexity index is 182. The van der Waals surface area contributed by atoms with Crippen LogP contribution in [0.2, 0.25) is 6.55 Å². The maximum absolute atomic E-state index is 11.1. The molecule has 0 fully saturated rings.